The van der Waals surface area contributed by atoms with Crippen molar-refractivity contribution in [2.45, 2.75) is 45.4 Å². The summed E-state index contributed by atoms with van der Waals surface area (Å²) in [7, 11) is -3.43. The Hall–Kier alpha value is -2.34. The molecule has 0 radical (unpaired) electrons. The zero-order valence-corrected chi connectivity index (χ0v) is 18.6. The van der Waals surface area contributed by atoms with Gasteiger partial charge in [0.2, 0.25) is 15.9 Å². The molecule has 2 aromatic carbocycles. The van der Waals surface area contributed by atoms with E-state index in [4.69, 9.17) is 0 Å². The minimum absolute atomic E-state index is 0.0571. The highest BCUT2D eigenvalue weighted by Gasteiger charge is 2.21. The molecule has 1 unspecified atom stereocenters. The Morgan fingerprint density at radius 1 is 1.00 bits per heavy atom. The van der Waals surface area contributed by atoms with Crippen molar-refractivity contribution in [3.63, 3.8) is 0 Å². The molecule has 6 heteroatoms. The van der Waals surface area contributed by atoms with E-state index in [0.29, 0.717) is 18.7 Å². The Bertz CT molecular complexity index is 895. The molecule has 0 saturated heterocycles. The van der Waals surface area contributed by atoms with Crippen LogP contribution in [0.1, 0.15) is 56.6 Å². The van der Waals surface area contributed by atoms with Gasteiger partial charge in [0.1, 0.15) is 0 Å². The topological polar surface area (TPSA) is 66.5 Å². The van der Waals surface area contributed by atoms with Crippen LogP contribution in [-0.2, 0) is 14.8 Å². The van der Waals surface area contributed by atoms with Gasteiger partial charge in [0, 0.05) is 19.5 Å². The maximum Gasteiger partial charge on any atom is 0.232 e. The Labute approximate surface area is 175 Å². The first kappa shape index (κ1) is 22.9. The molecule has 1 N–H and O–H groups in total. The van der Waals surface area contributed by atoms with E-state index in [9.17, 15) is 13.2 Å². The molecule has 0 fully saturated rings. The molecule has 0 spiro atoms. The number of nitrogens with zero attached hydrogens (tertiary/aromatic N) is 1. The lowest BCUT2D eigenvalue weighted by atomic mass is 10.0. The molecule has 0 heterocycles. The van der Waals surface area contributed by atoms with Crippen LogP contribution < -0.4 is 9.62 Å². The zero-order chi connectivity index (χ0) is 21.4. The van der Waals surface area contributed by atoms with E-state index in [1.807, 2.05) is 68.4 Å². The second-order valence-corrected chi connectivity index (χ2v) is 9.67. The summed E-state index contributed by atoms with van der Waals surface area (Å²) >= 11 is 0. The Morgan fingerprint density at radius 3 is 2.24 bits per heavy atom. The number of carbonyl (C=O) groups is 1. The van der Waals surface area contributed by atoms with Gasteiger partial charge in [0.05, 0.1) is 11.9 Å². The zero-order valence-electron chi connectivity index (χ0n) is 17.8. The largest absolute Gasteiger partial charge is 0.356 e. The van der Waals surface area contributed by atoms with Gasteiger partial charge in [-0.3, -0.25) is 9.10 Å². The van der Waals surface area contributed by atoms with Crippen LogP contribution in [0.15, 0.2) is 54.6 Å². The first-order valence-electron chi connectivity index (χ1n) is 10.1. The van der Waals surface area contributed by atoms with Gasteiger partial charge >= 0.3 is 0 Å². The van der Waals surface area contributed by atoms with E-state index in [1.165, 1.54) is 16.1 Å². The Balaban J connectivity index is 1.93. The normalized spacial score (nSPS) is 12.6. The van der Waals surface area contributed by atoms with Gasteiger partial charge in [-0.2, -0.15) is 0 Å². The second-order valence-electron chi connectivity index (χ2n) is 7.77. The standard InChI is InChI=1S/C23H32N2O3S/c1-18(2)21-13-8-9-14-22(21)25(29(4,27)28)16-10-15-23(26)24-17-19(3)20-11-6-5-7-12-20/h5-9,11-14,18-19H,10,15-17H2,1-4H3,(H,24,26). The molecule has 158 valence electrons. The number of hydrogen-bond donors (Lipinski definition) is 1. The van der Waals surface area contributed by atoms with Gasteiger partial charge < -0.3 is 5.32 Å². The van der Waals surface area contributed by atoms with Crippen molar-refractivity contribution in [1.29, 1.82) is 0 Å². The molecule has 0 aliphatic carbocycles. The van der Waals surface area contributed by atoms with Gasteiger partial charge in [0.25, 0.3) is 0 Å². The highest BCUT2D eigenvalue weighted by molar-refractivity contribution is 7.92. The summed E-state index contributed by atoms with van der Waals surface area (Å²) in [5.74, 6) is 0.377. The summed E-state index contributed by atoms with van der Waals surface area (Å²) in [6, 6.07) is 17.6. The summed E-state index contributed by atoms with van der Waals surface area (Å²) in [6.07, 6.45) is 1.97. The Kier molecular flexibility index (Phi) is 8.26. The number of hydrogen-bond acceptors (Lipinski definition) is 3. The molecular formula is C23H32N2O3S. The summed E-state index contributed by atoms with van der Waals surface area (Å²) in [5, 5.41) is 2.96. The first-order valence-corrected chi connectivity index (χ1v) is 11.9. The van der Waals surface area contributed by atoms with Crippen molar-refractivity contribution in [3.05, 3.63) is 65.7 Å². The van der Waals surface area contributed by atoms with Crippen LogP contribution in [0.5, 0.6) is 0 Å². The van der Waals surface area contributed by atoms with Gasteiger partial charge in [-0.15, -0.1) is 0 Å². The maximum atomic E-state index is 12.4. The third kappa shape index (κ3) is 6.89. The lowest BCUT2D eigenvalue weighted by molar-refractivity contribution is -0.121. The minimum atomic E-state index is -3.43. The number of anilines is 1. The number of carbonyl (C=O) groups excluding carboxylic acids is 1. The van der Waals surface area contributed by atoms with E-state index >= 15 is 0 Å². The van der Waals surface area contributed by atoms with Gasteiger partial charge in [0.15, 0.2) is 0 Å². The van der Waals surface area contributed by atoms with Crippen LogP contribution in [0.2, 0.25) is 0 Å². The van der Waals surface area contributed by atoms with Crippen LogP contribution in [0, 0.1) is 0 Å². The number of para-hydroxylation sites is 1. The number of benzene rings is 2. The number of rotatable bonds is 10. The molecule has 0 aliphatic heterocycles. The fourth-order valence-corrected chi connectivity index (χ4v) is 4.29. The molecule has 0 bridgehead atoms. The van der Waals surface area contributed by atoms with E-state index < -0.39 is 10.0 Å². The SMILES string of the molecule is CC(C)c1ccccc1N(CCCC(=O)NCC(C)c1ccccc1)S(C)(=O)=O. The third-order valence-electron chi connectivity index (χ3n) is 4.97. The number of nitrogens with one attached hydrogen (secondary N) is 1. The summed E-state index contributed by atoms with van der Waals surface area (Å²) in [6.45, 7) is 7.00. The van der Waals surface area contributed by atoms with Crippen molar-refractivity contribution >= 4 is 21.6 Å². The van der Waals surface area contributed by atoms with Crippen molar-refractivity contribution < 1.29 is 13.2 Å². The maximum absolute atomic E-state index is 12.4. The third-order valence-corrected chi connectivity index (χ3v) is 6.15. The van der Waals surface area contributed by atoms with Crippen LogP contribution in [-0.4, -0.2) is 33.7 Å². The number of amides is 1. The van der Waals surface area contributed by atoms with Crippen LogP contribution in [0.25, 0.3) is 0 Å². The van der Waals surface area contributed by atoms with E-state index in [0.717, 1.165) is 5.56 Å². The second kappa shape index (κ2) is 10.4. The first-order chi connectivity index (χ1) is 13.7. The molecule has 0 aliphatic rings. The van der Waals surface area contributed by atoms with Gasteiger partial charge in [-0.25, -0.2) is 8.42 Å². The summed E-state index contributed by atoms with van der Waals surface area (Å²) in [4.78, 5) is 12.2. The van der Waals surface area contributed by atoms with Crippen molar-refractivity contribution in [2.24, 2.45) is 0 Å². The molecule has 29 heavy (non-hydrogen) atoms. The molecule has 2 aromatic rings. The lowest BCUT2D eigenvalue weighted by Crippen LogP contribution is -2.33. The fraction of sp³-hybridized carbons (Fsp3) is 0.435. The minimum Gasteiger partial charge on any atom is -0.356 e. The van der Waals surface area contributed by atoms with Gasteiger partial charge in [-0.1, -0.05) is 69.3 Å². The fourth-order valence-electron chi connectivity index (χ4n) is 3.31. The van der Waals surface area contributed by atoms with E-state index in [2.05, 4.69) is 12.2 Å². The molecule has 1 amide bonds. The monoisotopic (exact) mass is 416 g/mol. The van der Waals surface area contributed by atoms with Crippen molar-refractivity contribution in [3.8, 4) is 0 Å². The Morgan fingerprint density at radius 2 is 1.62 bits per heavy atom. The molecular weight excluding hydrogens is 384 g/mol. The highest BCUT2D eigenvalue weighted by atomic mass is 32.2. The van der Waals surface area contributed by atoms with Crippen LogP contribution in [0.4, 0.5) is 5.69 Å². The highest BCUT2D eigenvalue weighted by Crippen LogP contribution is 2.29. The lowest BCUT2D eigenvalue weighted by Gasteiger charge is -2.26. The predicted molar refractivity (Wildman–Crippen MR) is 120 cm³/mol. The summed E-state index contributed by atoms with van der Waals surface area (Å²) in [5.41, 5.74) is 2.86. The molecule has 0 saturated carbocycles. The van der Waals surface area contributed by atoms with Crippen molar-refractivity contribution in [2.75, 3.05) is 23.7 Å². The molecule has 1 atom stereocenters. The molecule has 5 nitrogen and oxygen atoms in total. The van der Waals surface area contributed by atoms with E-state index in [-0.39, 0.29) is 30.7 Å². The van der Waals surface area contributed by atoms with Crippen LogP contribution in [0.3, 0.4) is 0 Å². The average Bonchev–Trinajstić information content (AvgIpc) is 2.69. The predicted octanol–water partition coefficient (Wildman–Crippen LogP) is 4.28. The van der Waals surface area contributed by atoms with E-state index in [1.54, 1.807) is 0 Å². The number of sulfonamides is 1. The average molecular weight is 417 g/mol. The summed E-state index contributed by atoms with van der Waals surface area (Å²) < 4.78 is 26.2. The van der Waals surface area contributed by atoms with Crippen molar-refractivity contribution in [1.82, 2.24) is 5.32 Å². The molecule has 2 rings (SSSR count). The van der Waals surface area contributed by atoms with Gasteiger partial charge in [-0.05, 0) is 35.4 Å². The quantitative estimate of drug-likeness (QED) is 0.629. The smallest absolute Gasteiger partial charge is 0.232 e. The van der Waals surface area contributed by atoms with Crippen LogP contribution >= 0.6 is 0 Å². The molecule has 0 aromatic heterocycles.